The van der Waals surface area contributed by atoms with Crippen LogP contribution < -0.4 is 10.5 Å². The summed E-state index contributed by atoms with van der Waals surface area (Å²) in [6, 6.07) is 5.92. The number of hydrogen-bond donors (Lipinski definition) is 2. The summed E-state index contributed by atoms with van der Waals surface area (Å²) in [7, 11) is 1.44. The maximum atomic E-state index is 11.1. The summed E-state index contributed by atoms with van der Waals surface area (Å²) in [5, 5.41) is 13.5. The van der Waals surface area contributed by atoms with Crippen LogP contribution in [0.25, 0.3) is 5.69 Å². The van der Waals surface area contributed by atoms with Crippen LogP contribution in [0.4, 0.5) is 0 Å². The number of hydrogen-bond acceptors (Lipinski definition) is 4. The second kappa shape index (κ2) is 4.58. The predicted octanol–water partition coefficient (Wildman–Crippen LogP) is 1.34. The standard InChI is InChI=1S/C11H10ClN3O3/c1-18-10-5-8(11(13)17)14-15(10)6-2-3-9(16)7(12)4-6/h2-5,16H,1H3,(H2,13,17). The minimum atomic E-state index is -0.656. The molecule has 6 nitrogen and oxygen atoms in total. The first kappa shape index (κ1) is 12.3. The summed E-state index contributed by atoms with van der Waals surface area (Å²) in [6.07, 6.45) is 0. The fourth-order valence-corrected chi connectivity index (χ4v) is 1.62. The van der Waals surface area contributed by atoms with E-state index in [0.29, 0.717) is 11.6 Å². The van der Waals surface area contributed by atoms with Crippen molar-refractivity contribution >= 4 is 17.5 Å². The molecule has 0 bridgehead atoms. The van der Waals surface area contributed by atoms with Gasteiger partial charge in [0.25, 0.3) is 5.91 Å². The first-order valence-corrected chi connectivity index (χ1v) is 5.33. The van der Waals surface area contributed by atoms with Gasteiger partial charge < -0.3 is 15.6 Å². The third-order valence-corrected chi connectivity index (χ3v) is 2.62. The first-order valence-electron chi connectivity index (χ1n) is 4.95. The highest BCUT2D eigenvalue weighted by Gasteiger charge is 2.14. The maximum absolute atomic E-state index is 11.1. The fraction of sp³-hybridized carbons (Fsp3) is 0.0909. The average Bonchev–Trinajstić information content (AvgIpc) is 2.77. The Morgan fingerprint density at radius 3 is 2.78 bits per heavy atom. The van der Waals surface area contributed by atoms with E-state index in [0.717, 1.165) is 0 Å². The molecule has 0 spiro atoms. The molecule has 0 unspecified atom stereocenters. The second-order valence-corrected chi connectivity index (χ2v) is 3.89. The number of primary amides is 1. The van der Waals surface area contributed by atoms with E-state index in [4.69, 9.17) is 22.1 Å². The Balaban J connectivity index is 2.55. The predicted molar refractivity (Wildman–Crippen MR) is 65.3 cm³/mol. The highest BCUT2D eigenvalue weighted by atomic mass is 35.5. The van der Waals surface area contributed by atoms with Gasteiger partial charge in [-0.15, -0.1) is 0 Å². The molecule has 0 aliphatic heterocycles. The highest BCUT2D eigenvalue weighted by Crippen LogP contribution is 2.27. The number of aromatic hydroxyl groups is 1. The minimum Gasteiger partial charge on any atom is -0.506 e. The molecule has 3 N–H and O–H groups in total. The number of rotatable bonds is 3. The molecule has 2 aromatic rings. The third kappa shape index (κ3) is 2.10. The molecule has 0 aliphatic rings. The summed E-state index contributed by atoms with van der Waals surface area (Å²) >= 11 is 5.81. The van der Waals surface area contributed by atoms with Gasteiger partial charge in [0.15, 0.2) is 5.69 Å². The van der Waals surface area contributed by atoms with E-state index < -0.39 is 5.91 Å². The third-order valence-electron chi connectivity index (χ3n) is 2.31. The number of benzene rings is 1. The lowest BCUT2D eigenvalue weighted by Crippen LogP contribution is -2.12. The zero-order chi connectivity index (χ0) is 13.3. The van der Waals surface area contributed by atoms with E-state index in [1.54, 1.807) is 6.07 Å². The van der Waals surface area contributed by atoms with Gasteiger partial charge in [0.05, 0.1) is 17.8 Å². The van der Waals surface area contributed by atoms with Gasteiger partial charge in [0.1, 0.15) is 5.75 Å². The van der Waals surface area contributed by atoms with Crippen LogP contribution in [0.2, 0.25) is 5.02 Å². The molecule has 7 heteroatoms. The summed E-state index contributed by atoms with van der Waals surface area (Å²) in [5.41, 5.74) is 5.77. The number of nitrogens with two attached hydrogens (primary N) is 1. The molecule has 0 fully saturated rings. The lowest BCUT2D eigenvalue weighted by atomic mass is 10.3. The van der Waals surface area contributed by atoms with Crippen LogP contribution in [0.3, 0.4) is 0 Å². The first-order chi connectivity index (χ1) is 8.52. The Labute approximate surface area is 108 Å². The monoisotopic (exact) mass is 267 g/mol. The normalized spacial score (nSPS) is 10.3. The smallest absolute Gasteiger partial charge is 0.269 e. The van der Waals surface area contributed by atoms with Gasteiger partial charge in [-0.05, 0) is 18.2 Å². The van der Waals surface area contributed by atoms with Gasteiger partial charge in [-0.1, -0.05) is 11.6 Å². The molecule has 1 aromatic carbocycles. The van der Waals surface area contributed by atoms with Crippen LogP contribution in [0.1, 0.15) is 10.5 Å². The van der Waals surface area contributed by atoms with Crippen molar-refractivity contribution in [2.24, 2.45) is 5.73 Å². The van der Waals surface area contributed by atoms with E-state index in [1.165, 1.54) is 30.0 Å². The lowest BCUT2D eigenvalue weighted by molar-refractivity contribution is 0.0995. The van der Waals surface area contributed by atoms with Gasteiger partial charge >= 0.3 is 0 Å². The number of nitrogens with zero attached hydrogens (tertiary/aromatic N) is 2. The molecule has 18 heavy (non-hydrogen) atoms. The fourth-order valence-electron chi connectivity index (χ4n) is 1.44. The van der Waals surface area contributed by atoms with Crippen molar-refractivity contribution in [1.82, 2.24) is 9.78 Å². The Bertz CT molecular complexity index is 610. The van der Waals surface area contributed by atoms with E-state index >= 15 is 0 Å². The summed E-state index contributed by atoms with van der Waals surface area (Å²) < 4.78 is 6.45. The topological polar surface area (TPSA) is 90.4 Å². The van der Waals surface area contributed by atoms with Crippen LogP contribution in [-0.4, -0.2) is 27.9 Å². The van der Waals surface area contributed by atoms with E-state index in [2.05, 4.69) is 5.10 Å². The minimum absolute atomic E-state index is 0.0401. The number of ether oxygens (including phenoxy) is 1. The Hall–Kier alpha value is -2.21. The Morgan fingerprint density at radius 2 is 2.22 bits per heavy atom. The molecule has 0 radical (unpaired) electrons. The number of halogens is 1. The van der Waals surface area contributed by atoms with Crippen molar-refractivity contribution in [2.75, 3.05) is 7.11 Å². The molecular formula is C11H10ClN3O3. The lowest BCUT2D eigenvalue weighted by Gasteiger charge is -2.06. The van der Waals surface area contributed by atoms with Gasteiger partial charge in [0, 0.05) is 6.07 Å². The molecule has 1 aromatic heterocycles. The average molecular weight is 268 g/mol. The van der Waals surface area contributed by atoms with Crippen LogP contribution in [-0.2, 0) is 0 Å². The molecule has 2 rings (SSSR count). The van der Waals surface area contributed by atoms with E-state index in [9.17, 15) is 9.90 Å². The number of carbonyl (C=O) groups is 1. The van der Waals surface area contributed by atoms with Gasteiger partial charge in [0.2, 0.25) is 5.88 Å². The number of methoxy groups -OCH3 is 1. The quantitative estimate of drug-likeness (QED) is 0.878. The zero-order valence-corrected chi connectivity index (χ0v) is 10.2. The molecular weight excluding hydrogens is 258 g/mol. The van der Waals surface area contributed by atoms with E-state index in [1.807, 2.05) is 0 Å². The highest BCUT2D eigenvalue weighted by molar-refractivity contribution is 6.32. The maximum Gasteiger partial charge on any atom is 0.269 e. The summed E-state index contributed by atoms with van der Waals surface area (Å²) in [4.78, 5) is 11.1. The molecule has 1 amide bonds. The number of phenols is 1. The van der Waals surface area contributed by atoms with Crippen molar-refractivity contribution in [3.05, 3.63) is 35.0 Å². The Morgan fingerprint density at radius 1 is 1.50 bits per heavy atom. The van der Waals surface area contributed by atoms with Crippen molar-refractivity contribution in [1.29, 1.82) is 0 Å². The van der Waals surface area contributed by atoms with Crippen molar-refractivity contribution in [3.63, 3.8) is 0 Å². The molecule has 1 heterocycles. The number of carbonyl (C=O) groups excluding carboxylic acids is 1. The molecule has 0 aliphatic carbocycles. The van der Waals surface area contributed by atoms with Crippen molar-refractivity contribution in [3.8, 4) is 17.3 Å². The van der Waals surface area contributed by atoms with Crippen LogP contribution in [0.15, 0.2) is 24.3 Å². The Kier molecular flexibility index (Phi) is 3.12. The largest absolute Gasteiger partial charge is 0.506 e. The van der Waals surface area contributed by atoms with Crippen LogP contribution in [0.5, 0.6) is 11.6 Å². The van der Waals surface area contributed by atoms with Gasteiger partial charge in [-0.2, -0.15) is 5.10 Å². The molecule has 0 atom stereocenters. The van der Waals surface area contributed by atoms with E-state index in [-0.39, 0.29) is 16.5 Å². The van der Waals surface area contributed by atoms with Crippen LogP contribution in [0, 0.1) is 0 Å². The number of amides is 1. The zero-order valence-electron chi connectivity index (χ0n) is 9.42. The van der Waals surface area contributed by atoms with Gasteiger partial charge in [-0.3, -0.25) is 4.79 Å². The van der Waals surface area contributed by atoms with Crippen molar-refractivity contribution in [2.45, 2.75) is 0 Å². The molecule has 0 saturated heterocycles. The summed E-state index contributed by atoms with van der Waals surface area (Å²) in [6.45, 7) is 0. The SMILES string of the molecule is COc1cc(C(N)=O)nn1-c1ccc(O)c(Cl)c1. The van der Waals surface area contributed by atoms with Crippen LogP contribution >= 0.6 is 11.6 Å². The van der Waals surface area contributed by atoms with Gasteiger partial charge in [-0.25, -0.2) is 4.68 Å². The molecule has 94 valence electrons. The number of aromatic nitrogens is 2. The second-order valence-electron chi connectivity index (χ2n) is 3.48. The summed E-state index contributed by atoms with van der Waals surface area (Å²) in [5.74, 6) is -0.357. The molecule has 0 saturated carbocycles. The van der Waals surface area contributed by atoms with Crippen molar-refractivity contribution < 1.29 is 14.6 Å². The number of phenolic OH excluding ortho intramolecular Hbond substituents is 1.